The first-order chi connectivity index (χ1) is 9.63. The van der Waals surface area contributed by atoms with E-state index in [2.05, 4.69) is 20.9 Å². The molecule has 3 N–H and O–H groups in total. The Morgan fingerprint density at radius 2 is 2.40 bits per heavy atom. The van der Waals surface area contributed by atoms with Crippen molar-refractivity contribution in [3.63, 3.8) is 0 Å². The number of aromatic nitrogens is 3. The SMILES string of the molecule is O=C(O)Cn1cc(CNC(=O)NC2CCCOC2)nn1. The summed E-state index contributed by atoms with van der Waals surface area (Å²) in [6.07, 6.45) is 3.33. The van der Waals surface area contributed by atoms with Crippen molar-refractivity contribution in [2.24, 2.45) is 0 Å². The second kappa shape index (κ2) is 6.85. The summed E-state index contributed by atoms with van der Waals surface area (Å²) >= 11 is 0. The first-order valence-corrected chi connectivity index (χ1v) is 6.36. The van der Waals surface area contributed by atoms with E-state index in [0.29, 0.717) is 12.3 Å². The van der Waals surface area contributed by atoms with E-state index in [0.717, 1.165) is 19.4 Å². The van der Waals surface area contributed by atoms with Crippen molar-refractivity contribution in [2.45, 2.75) is 32.0 Å². The second-order valence-electron chi connectivity index (χ2n) is 4.54. The molecule has 1 aliphatic rings. The van der Waals surface area contributed by atoms with Gasteiger partial charge in [0.25, 0.3) is 0 Å². The fourth-order valence-corrected chi connectivity index (χ4v) is 1.90. The highest BCUT2D eigenvalue weighted by atomic mass is 16.5. The number of carbonyl (C=O) groups excluding carboxylic acids is 1. The zero-order valence-electron chi connectivity index (χ0n) is 10.9. The molecule has 1 aromatic heterocycles. The smallest absolute Gasteiger partial charge is 0.325 e. The molecule has 1 aromatic rings. The molecule has 2 amide bonds. The minimum atomic E-state index is -0.996. The molecule has 0 bridgehead atoms. The molecule has 20 heavy (non-hydrogen) atoms. The highest BCUT2D eigenvalue weighted by Crippen LogP contribution is 2.05. The molecule has 0 radical (unpaired) electrons. The lowest BCUT2D eigenvalue weighted by atomic mass is 10.1. The van der Waals surface area contributed by atoms with Gasteiger partial charge in [-0.05, 0) is 12.8 Å². The fraction of sp³-hybridized carbons (Fsp3) is 0.636. The third-order valence-electron chi connectivity index (χ3n) is 2.81. The standard InChI is InChI=1S/C11H17N5O4/c17-10(18)6-16-5-9(14-15-16)4-12-11(19)13-8-2-1-3-20-7-8/h5,8H,1-4,6-7H2,(H,17,18)(H2,12,13,19). The van der Waals surface area contributed by atoms with Crippen LogP contribution in [0.4, 0.5) is 4.79 Å². The van der Waals surface area contributed by atoms with E-state index in [1.165, 1.54) is 10.9 Å². The molecule has 110 valence electrons. The van der Waals surface area contributed by atoms with E-state index in [1.807, 2.05) is 0 Å². The number of carbonyl (C=O) groups is 2. The van der Waals surface area contributed by atoms with Crippen LogP contribution >= 0.6 is 0 Å². The molecule has 2 heterocycles. The topological polar surface area (TPSA) is 118 Å². The molecule has 1 fully saturated rings. The van der Waals surface area contributed by atoms with Crippen LogP contribution in [0.5, 0.6) is 0 Å². The molecule has 9 nitrogen and oxygen atoms in total. The highest BCUT2D eigenvalue weighted by molar-refractivity contribution is 5.74. The number of nitrogens with one attached hydrogen (secondary N) is 2. The summed E-state index contributed by atoms with van der Waals surface area (Å²) in [4.78, 5) is 22.1. The van der Waals surface area contributed by atoms with Gasteiger partial charge in [0.05, 0.1) is 25.4 Å². The molecule has 1 aliphatic heterocycles. The van der Waals surface area contributed by atoms with Crippen molar-refractivity contribution in [3.8, 4) is 0 Å². The van der Waals surface area contributed by atoms with Crippen molar-refractivity contribution in [2.75, 3.05) is 13.2 Å². The molecule has 0 aliphatic carbocycles. The second-order valence-corrected chi connectivity index (χ2v) is 4.54. The van der Waals surface area contributed by atoms with Gasteiger partial charge in [0.1, 0.15) is 12.2 Å². The summed E-state index contributed by atoms with van der Waals surface area (Å²) < 4.78 is 6.46. The third kappa shape index (κ3) is 4.50. The number of hydrogen-bond donors (Lipinski definition) is 3. The molecule has 9 heteroatoms. The van der Waals surface area contributed by atoms with E-state index in [4.69, 9.17) is 9.84 Å². The summed E-state index contributed by atoms with van der Waals surface area (Å²) in [5.41, 5.74) is 0.501. The zero-order valence-corrected chi connectivity index (χ0v) is 10.9. The maximum Gasteiger partial charge on any atom is 0.325 e. The number of amides is 2. The van der Waals surface area contributed by atoms with Crippen LogP contribution in [0, 0.1) is 0 Å². The van der Waals surface area contributed by atoms with Gasteiger partial charge in [-0.3, -0.25) is 4.79 Å². The Balaban J connectivity index is 1.72. The number of aliphatic carboxylic acids is 1. The molecule has 0 saturated carbocycles. The molecular weight excluding hydrogens is 266 g/mol. The number of carboxylic acids is 1. The largest absolute Gasteiger partial charge is 0.480 e. The van der Waals surface area contributed by atoms with Crippen LogP contribution in [0.3, 0.4) is 0 Å². The van der Waals surface area contributed by atoms with Crippen LogP contribution in [0.1, 0.15) is 18.5 Å². The molecule has 2 rings (SSSR count). The van der Waals surface area contributed by atoms with Crippen molar-refractivity contribution < 1.29 is 19.4 Å². The molecule has 1 saturated heterocycles. The maximum atomic E-state index is 11.6. The Kier molecular flexibility index (Phi) is 4.88. The van der Waals surface area contributed by atoms with E-state index in [1.54, 1.807) is 0 Å². The summed E-state index contributed by atoms with van der Waals surface area (Å²) in [6.45, 7) is 1.21. The summed E-state index contributed by atoms with van der Waals surface area (Å²) in [5, 5.41) is 21.5. The van der Waals surface area contributed by atoms with Gasteiger partial charge in [-0.15, -0.1) is 5.10 Å². The monoisotopic (exact) mass is 283 g/mol. The predicted molar refractivity (Wildman–Crippen MR) is 66.9 cm³/mol. The Hall–Kier alpha value is -2.16. The van der Waals surface area contributed by atoms with Crippen LogP contribution < -0.4 is 10.6 Å². The molecular formula is C11H17N5O4. The Bertz CT molecular complexity index is 469. The van der Waals surface area contributed by atoms with Crippen LogP contribution in [-0.4, -0.2) is 51.4 Å². The number of nitrogens with zero attached hydrogens (tertiary/aromatic N) is 3. The van der Waals surface area contributed by atoms with E-state index < -0.39 is 5.97 Å². The lowest BCUT2D eigenvalue weighted by molar-refractivity contribution is -0.137. The van der Waals surface area contributed by atoms with Gasteiger partial charge in [-0.2, -0.15) is 0 Å². The van der Waals surface area contributed by atoms with Crippen molar-refractivity contribution in [1.29, 1.82) is 0 Å². The molecule has 0 spiro atoms. The Labute approximate surface area is 115 Å². The molecule has 0 aromatic carbocycles. The van der Waals surface area contributed by atoms with E-state index in [-0.39, 0.29) is 25.2 Å². The molecule has 1 atom stereocenters. The summed E-state index contributed by atoms with van der Waals surface area (Å²) in [6, 6.07) is -0.264. The summed E-state index contributed by atoms with van der Waals surface area (Å²) in [7, 11) is 0. The predicted octanol–water partition coefficient (Wildman–Crippen LogP) is -0.659. The Morgan fingerprint density at radius 3 is 3.10 bits per heavy atom. The van der Waals surface area contributed by atoms with Crippen LogP contribution in [0.2, 0.25) is 0 Å². The van der Waals surface area contributed by atoms with Gasteiger partial charge in [0.2, 0.25) is 0 Å². The third-order valence-corrected chi connectivity index (χ3v) is 2.81. The van der Waals surface area contributed by atoms with Gasteiger partial charge < -0.3 is 20.5 Å². The minimum absolute atomic E-state index is 0.0337. The quantitative estimate of drug-likeness (QED) is 0.660. The average molecular weight is 283 g/mol. The maximum absolute atomic E-state index is 11.6. The van der Waals surface area contributed by atoms with Crippen molar-refractivity contribution in [1.82, 2.24) is 25.6 Å². The van der Waals surface area contributed by atoms with Crippen LogP contribution in [-0.2, 0) is 22.6 Å². The summed E-state index contributed by atoms with van der Waals surface area (Å²) in [5.74, 6) is -0.996. The first-order valence-electron chi connectivity index (χ1n) is 6.36. The Morgan fingerprint density at radius 1 is 1.55 bits per heavy atom. The number of carboxylic acid groups (broad SMARTS) is 1. The highest BCUT2D eigenvalue weighted by Gasteiger charge is 2.16. The van der Waals surface area contributed by atoms with Crippen molar-refractivity contribution >= 4 is 12.0 Å². The van der Waals surface area contributed by atoms with Gasteiger partial charge in [-0.25, -0.2) is 9.48 Å². The fourth-order valence-electron chi connectivity index (χ4n) is 1.90. The molecule has 1 unspecified atom stereocenters. The minimum Gasteiger partial charge on any atom is -0.480 e. The van der Waals surface area contributed by atoms with Gasteiger partial charge in [-0.1, -0.05) is 5.21 Å². The number of hydrogen-bond acceptors (Lipinski definition) is 5. The number of ether oxygens (including phenoxy) is 1. The van der Waals surface area contributed by atoms with Gasteiger partial charge in [0.15, 0.2) is 0 Å². The first kappa shape index (κ1) is 14.3. The lowest BCUT2D eigenvalue weighted by Gasteiger charge is -2.23. The zero-order chi connectivity index (χ0) is 14.4. The van der Waals surface area contributed by atoms with Crippen molar-refractivity contribution in [3.05, 3.63) is 11.9 Å². The van der Waals surface area contributed by atoms with Gasteiger partial charge >= 0.3 is 12.0 Å². The van der Waals surface area contributed by atoms with Crippen LogP contribution in [0.15, 0.2) is 6.20 Å². The lowest BCUT2D eigenvalue weighted by Crippen LogP contribution is -2.45. The van der Waals surface area contributed by atoms with Gasteiger partial charge in [0, 0.05) is 6.61 Å². The van der Waals surface area contributed by atoms with E-state index >= 15 is 0 Å². The number of urea groups is 1. The van der Waals surface area contributed by atoms with E-state index in [9.17, 15) is 9.59 Å². The number of rotatable bonds is 5. The van der Waals surface area contributed by atoms with Crippen LogP contribution in [0.25, 0.3) is 0 Å². The average Bonchev–Trinajstić information content (AvgIpc) is 2.84. The normalized spacial score (nSPS) is 18.5.